The summed E-state index contributed by atoms with van der Waals surface area (Å²) in [5.41, 5.74) is 9.37. The Morgan fingerprint density at radius 1 is 1.42 bits per heavy atom. The Kier molecular flexibility index (Phi) is 4.22. The smallest absolute Gasteiger partial charge is 0.124 e. The zero-order chi connectivity index (χ0) is 13.8. The average molecular weight is 259 g/mol. The fourth-order valence-corrected chi connectivity index (χ4v) is 2.02. The van der Waals surface area contributed by atoms with Crippen LogP contribution < -0.4 is 10.5 Å². The number of ether oxygens (including phenoxy) is 1. The van der Waals surface area contributed by atoms with E-state index in [-0.39, 0.29) is 6.04 Å². The summed E-state index contributed by atoms with van der Waals surface area (Å²) in [4.78, 5) is 0. The summed E-state index contributed by atoms with van der Waals surface area (Å²) in [7, 11) is 1.92. The van der Waals surface area contributed by atoms with Crippen molar-refractivity contribution in [3.05, 3.63) is 47.3 Å². The van der Waals surface area contributed by atoms with Crippen LogP contribution in [0.4, 0.5) is 0 Å². The van der Waals surface area contributed by atoms with Gasteiger partial charge in [-0.05, 0) is 31.0 Å². The van der Waals surface area contributed by atoms with Gasteiger partial charge in [0.1, 0.15) is 5.75 Å². The molecule has 0 saturated heterocycles. The van der Waals surface area contributed by atoms with Crippen molar-refractivity contribution in [1.82, 2.24) is 9.78 Å². The number of aromatic nitrogens is 2. The van der Waals surface area contributed by atoms with Crippen molar-refractivity contribution in [2.45, 2.75) is 26.3 Å². The van der Waals surface area contributed by atoms with Crippen molar-refractivity contribution in [2.75, 3.05) is 6.61 Å². The Hall–Kier alpha value is -1.81. The second kappa shape index (κ2) is 5.89. The van der Waals surface area contributed by atoms with Crippen LogP contribution in [0.2, 0.25) is 0 Å². The highest BCUT2D eigenvalue weighted by molar-refractivity contribution is 5.38. The summed E-state index contributed by atoms with van der Waals surface area (Å²) in [6, 6.07) is 6.13. The number of nitrogens with two attached hydrogens (primary N) is 1. The molecule has 0 aliphatic heterocycles. The summed E-state index contributed by atoms with van der Waals surface area (Å²) in [5.74, 6) is 0.888. The molecule has 102 valence electrons. The van der Waals surface area contributed by atoms with Crippen LogP contribution in [0, 0.1) is 6.92 Å². The molecule has 0 aliphatic carbocycles. The Bertz CT molecular complexity index is 546. The first-order valence-corrected chi connectivity index (χ1v) is 6.52. The SMILES string of the molecule is Cc1ccc([C@H](C)N)c(OCCc2cnn(C)c2)c1. The molecular weight excluding hydrogens is 238 g/mol. The fourth-order valence-electron chi connectivity index (χ4n) is 2.02. The minimum Gasteiger partial charge on any atom is -0.493 e. The maximum atomic E-state index is 5.96. The topological polar surface area (TPSA) is 53.1 Å². The lowest BCUT2D eigenvalue weighted by molar-refractivity contribution is 0.317. The van der Waals surface area contributed by atoms with Gasteiger partial charge >= 0.3 is 0 Å². The number of rotatable bonds is 5. The van der Waals surface area contributed by atoms with Crippen molar-refractivity contribution in [1.29, 1.82) is 0 Å². The molecule has 0 bridgehead atoms. The largest absolute Gasteiger partial charge is 0.493 e. The van der Waals surface area contributed by atoms with Crippen LogP contribution in [0.15, 0.2) is 30.6 Å². The maximum absolute atomic E-state index is 5.96. The first-order chi connectivity index (χ1) is 9.06. The molecule has 1 aromatic heterocycles. The van der Waals surface area contributed by atoms with Crippen LogP contribution in [0.1, 0.15) is 29.7 Å². The van der Waals surface area contributed by atoms with Gasteiger partial charge in [-0.2, -0.15) is 5.10 Å². The molecule has 2 N–H and O–H groups in total. The molecule has 1 atom stereocenters. The first-order valence-electron chi connectivity index (χ1n) is 6.52. The van der Waals surface area contributed by atoms with E-state index in [1.165, 1.54) is 11.1 Å². The van der Waals surface area contributed by atoms with Crippen molar-refractivity contribution >= 4 is 0 Å². The monoisotopic (exact) mass is 259 g/mol. The molecule has 0 unspecified atom stereocenters. The van der Waals surface area contributed by atoms with E-state index >= 15 is 0 Å². The molecule has 0 saturated carbocycles. The van der Waals surface area contributed by atoms with Gasteiger partial charge in [-0.3, -0.25) is 4.68 Å². The molecule has 19 heavy (non-hydrogen) atoms. The molecule has 2 rings (SSSR count). The van der Waals surface area contributed by atoms with Gasteiger partial charge in [0, 0.05) is 31.3 Å². The van der Waals surface area contributed by atoms with E-state index in [1.807, 2.05) is 38.5 Å². The molecule has 0 amide bonds. The highest BCUT2D eigenvalue weighted by Gasteiger charge is 2.08. The lowest BCUT2D eigenvalue weighted by Gasteiger charge is -2.14. The van der Waals surface area contributed by atoms with Gasteiger partial charge < -0.3 is 10.5 Å². The molecule has 0 fully saturated rings. The zero-order valence-corrected chi connectivity index (χ0v) is 11.8. The predicted molar refractivity (Wildman–Crippen MR) is 76.2 cm³/mol. The van der Waals surface area contributed by atoms with E-state index in [2.05, 4.69) is 18.1 Å². The lowest BCUT2D eigenvalue weighted by Crippen LogP contribution is -2.09. The van der Waals surface area contributed by atoms with Crippen LogP contribution >= 0.6 is 0 Å². The Labute approximate surface area is 114 Å². The second-order valence-corrected chi connectivity index (χ2v) is 4.95. The third-order valence-electron chi connectivity index (χ3n) is 3.07. The van der Waals surface area contributed by atoms with E-state index in [4.69, 9.17) is 10.5 Å². The van der Waals surface area contributed by atoms with Crippen LogP contribution in [-0.2, 0) is 13.5 Å². The Morgan fingerprint density at radius 2 is 2.21 bits per heavy atom. The van der Waals surface area contributed by atoms with Crippen LogP contribution in [0.5, 0.6) is 5.75 Å². The summed E-state index contributed by atoms with van der Waals surface area (Å²) in [6.45, 7) is 4.66. The lowest BCUT2D eigenvalue weighted by atomic mass is 10.1. The fraction of sp³-hybridized carbons (Fsp3) is 0.400. The van der Waals surface area contributed by atoms with Crippen molar-refractivity contribution in [3.63, 3.8) is 0 Å². The maximum Gasteiger partial charge on any atom is 0.124 e. The van der Waals surface area contributed by atoms with E-state index < -0.39 is 0 Å². The van der Waals surface area contributed by atoms with Crippen LogP contribution in [0.3, 0.4) is 0 Å². The molecule has 2 aromatic rings. The standard InChI is InChI=1S/C15H21N3O/c1-11-4-5-14(12(2)16)15(8-11)19-7-6-13-9-17-18(3)10-13/h4-5,8-10,12H,6-7,16H2,1-3H3/t12-/m0/s1. The summed E-state index contributed by atoms with van der Waals surface area (Å²) < 4.78 is 7.68. The van der Waals surface area contributed by atoms with Gasteiger partial charge in [0.05, 0.1) is 12.8 Å². The molecule has 0 radical (unpaired) electrons. The highest BCUT2D eigenvalue weighted by atomic mass is 16.5. The van der Waals surface area contributed by atoms with Crippen LogP contribution in [0.25, 0.3) is 0 Å². The Balaban J connectivity index is 2.00. The van der Waals surface area contributed by atoms with Gasteiger partial charge in [0.2, 0.25) is 0 Å². The summed E-state index contributed by atoms with van der Waals surface area (Å²) in [5, 5.41) is 4.14. The predicted octanol–water partition coefficient (Wildman–Crippen LogP) is 2.37. The number of aryl methyl sites for hydroxylation is 2. The van der Waals surface area contributed by atoms with Gasteiger partial charge in [-0.15, -0.1) is 0 Å². The molecule has 0 spiro atoms. The van der Waals surface area contributed by atoms with Crippen molar-refractivity contribution in [3.8, 4) is 5.75 Å². The minimum atomic E-state index is -0.0195. The first kappa shape index (κ1) is 13.6. The van der Waals surface area contributed by atoms with Crippen molar-refractivity contribution < 1.29 is 4.74 Å². The normalized spacial score (nSPS) is 12.4. The van der Waals surface area contributed by atoms with Gasteiger partial charge in [0.15, 0.2) is 0 Å². The van der Waals surface area contributed by atoms with E-state index in [0.717, 1.165) is 17.7 Å². The molecule has 1 heterocycles. The highest BCUT2D eigenvalue weighted by Crippen LogP contribution is 2.25. The van der Waals surface area contributed by atoms with Crippen molar-refractivity contribution in [2.24, 2.45) is 12.8 Å². The minimum absolute atomic E-state index is 0.0195. The van der Waals surface area contributed by atoms with E-state index in [1.54, 1.807) is 4.68 Å². The summed E-state index contributed by atoms with van der Waals surface area (Å²) in [6.07, 6.45) is 4.72. The van der Waals surface area contributed by atoms with Gasteiger partial charge in [-0.25, -0.2) is 0 Å². The number of hydrogen-bond donors (Lipinski definition) is 1. The molecule has 0 aliphatic rings. The molecule has 4 heteroatoms. The van der Waals surface area contributed by atoms with E-state index in [0.29, 0.717) is 6.61 Å². The third kappa shape index (κ3) is 3.58. The summed E-state index contributed by atoms with van der Waals surface area (Å²) >= 11 is 0. The van der Waals surface area contributed by atoms with E-state index in [9.17, 15) is 0 Å². The molecular formula is C15H21N3O. The average Bonchev–Trinajstić information content (AvgIpc) is 2.75. The number of hydrogen-bond acceptors (Lipinski definition) is 3. The Morgan fingerprint density at radius 3 is 2.84 bits per heavy atom. The van der Waals surface area contributed by atoms with Gasteiger partial charge in [-0.1, -0.05) is 12.1 Å². The quantitative estimate of drug-likeness (QED) is 0.897. The zero-order valence-electron chi connectivity index (χ0n) is 11.8. The molecule has 4 nitrogen and oxygen atoms in total. The van der Waals surface area contributed by atoms with Gasteiger partial charge in [0.25, 0.3) is 0 Å². The number of nitrogens with zero attached hydrogens (tertiary/aromatic N) is 2. The second-order valence-electron chi connectivity index (χ2n) is 4.95. The molecule has 1 aromatic carbocycles. The number of benzene rings is 1. The third-order valence-corrected chi connectivity index (χ3v) is 3.07. The van der Waals surface area contributed by atoms with Crippen LogP contribution in [-0.4, -0.2) is 16.4 Å².